The Morgan fingerprint density at radius 3 is 2.25 bits per heavy atom. The predicted molar refractivity (Wildman–Crippen MR) is 53.1 cm³/mol. The van der Waals surface area contributed by atoms with Crippen LogP contribution in [0.5, 0.6) is 0 Å². The minimum Gasteiger partial charge on any atom is -0.295 e. The highest BCUT2D eigenvalue weighted by Gasteiger charge is 2.17. The molecule has 70 valence electrons. The van der Waals surface area contributed by atoms with Crippen LogP contribution < -0.4 is 0 Å². The third-order valence-corrected chi connectivity index (χ3v) is 2.32. The van der Waals surface area contributed by atoms with Crippen LogP contribution in [0.1, 0.15) is 41.0 Å². The third kappa shape index (κ3) is 5.11. The van der Waals surface area contributed by atoms with Gasteiger partial charge in [0.05, 0.1) is 0 Å². The second-order valence-electron chi connectivity index (χ2n) is 4.52. The summed E-state index contributed by atoms with van der Waals surface area (Å²) < 4.78 is 0. The summed E-state index contributed by atoms with van der Waals surface area (Å²) in [4.78, 5) is 10.6. The fourth-order valence-electron chi connectivity index (χ4n) is 0.792. The number of hydrogen-bond donors (Lipinski definition) is 0. The van der Waals surface area contributed by atoms with Gasteiger partial charge in [-0.2, -0.15) is 0 Å². The molecule has 0 heterocycles. The van der Waals surface area contributed by atoms with E-state index in [1.807, 2.05) is 6.08 Å². The Kier molecular flexibility index (Phi) is 4.22. The summed E-state index contributed by atoms with van der Waals surface area (Å²) in [5, 5.41) is 0. The molecule has 0 radical (unpaired) electrons. The van der Waals surface area contributed by atoms with Crippen LogP contribution in [-0.2, 0) is 4.79 Å². The van der Waals surface area contributed by atoms with Crippen LogP contribution in [0, 0.1) is 11.3 Å². The normalized spacial score (nSPS) is 15.1. The Hall–Kier alpha value is -0.590. The molecule has 0 N–H and O–H groups in total. The lowest BCUT2D eigenvalue weighted by Gasteiger charge is -2.25. The van der Waals surface area contributed by atoms with Crippen molar-refractivity contribution in [2.75, 3.05) is 0 Å². The number of carbonyl (C=O) groups is 1. The van der Waals surface area contributed by atoms with Crippen molar-refractivity contribution in [1.82, 2.24) is 0 Å². The van der Waals surface area contributed by atoms with E-state index in [9.17, 15) is 4.79 Å². The molecular formula is C11H20O. The van der Waals surface area contributed by atoms with E-state index in [-0.39, 0.29) is 5.78 Å². The summed E-state index contributed by atoms with van der Waals surface area (Å²) in [7, 11) is 0. The Labute approximate surface area is 75.9 Å². The van der Waals surface area contributed by atoms with Gasteiger partial charge in [-0.3, -0.25) is 4.79 Å². The van der Waals surface area contributed by atoms with E-state index >= 15 is 0 Å². The van der Waals surface area contributed by atoms with Gasteiger partial charge in [-0.05, 0) is 30.8 Å². The number of ketones is 1. The molecule has 0 rings (SSSR count). The molecule has 0 aromatic heterocycles. The summed E-state index contributed by atoms with van der Waals surface area (Å²) >= 11 is 0. The highest BCUT2D eigenvalue weighted by molar-refractivity contribution is 5.87. The van der Waals surface area contributed by atoms with E-state index in [4.69, 9.17) is 0 Å². The summed E-state index contributed by atoms with van der Waals surface area (Å²) in [6.45, 7) is 10.5. The molecule has 0 aliphatic carbocycles. The third-order valence-electron chi connectivity index (χ3n) is 2.32. The van der Waals surface area contributed by atoms with Crippen LogP contribution in [0.25, 0.3) is 0 Å². The van der Waals surface area contributed by atoms with Crippen molar-refractivity contribution in [3.63, 3.8) is 0 Å². The van der Waals surface area contributed by atoms with Crippen molar-refractivity contribution in [3.05, 3.63) is 12.2 Å². The van der Waals surface area contributed by atoms with Gasteiger partial charge >= 0.3 is 0 Å². The minimum atomic E-state index is 0.135. The molecule has 0 aromatic rings. The molecule has 1 atom stereocenters. The number of allylic oxidation sites excluding steroid dienone is 2. The van der Waals surface area contributed by atoms with E-state index < -0.39 is 0 Å². The SMILES string of the molecule is CC(=O)/C=C\CC(C)C(C)(C)C. The zero-order valence-electron chi connectivity index (χ0n) is 8.85. The Morgan fingerprint density at radius 2 is 1.92 bits per heavy atom. The maximum atomic E-state index is 10.6. The van der Waals surface area contributed by atoms with Gasteiger partial charge in [0.15, 0.2) is 5.78 Å². The van der Waals surface area contributed by atoms with Crippen LogP contribution in [0.3, 0.4) is 0 Å². The van der Waals surface area contributed by atoms with E-state index in [0.717, 1.165) is 6.42 Å². The standard InChI is InChI=1S/C11H20O/c1-9(11(3,4)5)7-6-8-10(2)12/h6,8-9H,7H2,1-5H3/b8-6-. The molecule has 12 heavy (non-hydrogen) atoms. The fraction of sp³-hybridized carbons (Fsp3) is 0.727. The summed E-state index contributed by atoms with van der Waals surface area (Å²) in [5.41, 5.74) is 0.334. The number of rotatable bonds is 3. The van der Waals surface area contributed by atoms with E-state index in [1.165, 1.54) is 0 Å². The van der Waals surface area contributed by atoms with Gasteiger partial charge in [0.2, 0.25) is 0 Å². The van der Waals surface area contributed by atoms with Crippen LogP contribution in [-0.4, -0.2) is 5.78 Å². The minimum absolute atomic E-state index is 0.135. The molecule has 0 saturated heterocycles. The van der Waals surface area contributed by atoms with Crippen molar-refractivity contribution in [2.45, 2.75) is 41.0 Å². The van der Waals surface area contributed by atoms with Crippen LogP contribution >= 0.6 is 0 Å². The first-order valence-electron chi connectivity index (χ1n) is 4.51. The maximum absolute atomic E-state index is 10.6. The molecule has 0 amide bonds. The molecule has 0 spiro atoms. The lowest BCUT2D eigenvalue weighted by molar-refractivity contribution is -0.112. The fourth-order valence-corrected chi connectivity index (χ4v) is 0.792. The van der Waals surface area contributed by atoms with E-state index in [0.29, 0.717) is 11.3 Å². The van der Waals surface area contributed by atoms with Crippen LogP contribution in [0.15, 0.2) is 12.2 Å². The van der Waals surface area contributed by atoms with Gasteiger partial charge in [0.1, 0.15) is 0 Å². The van der Waals surface area contributed by atoms with E-state index in [1.54, 1.807) is 13.0 Å². The first-order valence-corrected chi connectivity index (χ1v) is 4.51. The average Bonchev–Trinajstić information content (AvgIpc) is 1.84. The Morgan fingerprint density at radius 1 is 1.42 bits per heavy atom. The highest BCUT2D eigenvalue weighted by Crippen LogP contribution is 2.27. The van der Waals surface area contributed by atoms with E-state index in [2.05, 4.69) is 27.7 Å². The molecule has 0 saturated carbocycles. The molecule has 0 fully saturated rings. The Balaban J connectivity index is 3.87. The van der Waals surface area contributed by atoms with Gasteiger partial charge in [-0.1, -0.05) is 33.8 Å². The van der Waals surface area contributed by atoms with Gasteiger partial charge in [0, 0.05) is 0 Å². The molecule has 1 unspecified atom stereocenters. The van der Waals surface area contributed by atoms with Gasteiger partial charge in [0.25, 0.3) is 0 Å². The van der Waals surface area contributed by atoms with Crippen molar-refractivity contribution < 1.29 is 4.79 Å². The van der Waals surface area contributed by atoms with Gasteiger partial charge in [-0.15, -0.1) is 0 Å². The average molecular weight is 168 g/mol. The number of hydrogen-bond acceptors (Lipinski definition) is 1. The molecule has 0 aliphatic rings. The molecular weight excluding hydrogens is 148 g/mol. The lowest BCUT2D eigenvalue weighted by Crippen LogP contribution is -2.16. The molecule has 0 aliphatic heterocycles. The second kappa shape index (κ2) is 4.44. The maximum Gasteiger partial charge on any atom is 0.152 e. The van der Waals surface area contributed by atoms with Crippen molar-refractivity contribution in [1.29, 1.82) is 0 Å². The molecule has 0 bridgehead atoms. The van der Waals surface area contributed by atoms with Gasteiger partial charge < -0.3 is 0 Å². The number of carbonyl (C=O) groups excluding carboxylic acids is 1. The van der Waals surface area contributed by atoms with Crippen LogP contribution in [0.4, 0.5) is 0 Å². The molecule has 1 heteroatoms. The van der Waals surface area contributed by atoms with Crippen molar-refractivity contribution in [3.8, 4) is 0 Å². The predicted octanol–water partition coefficient (Wildman–Crippen LogP) is 3.20. The highest BCUT2D eigenvalue weighted by atomic mass is 16.1. The summed E-state index contributed by atoms with van der Waals surface area (Å²) in [6, 6.07) is 0. The molecule has 0 aromatic carbocycles. The van der Waals surface area contributed by atoms with Gasteiger partial charge in [-0.25, -0.2) is 0 Å². The smallest absolute Gasteiger partial charge is 0.152 e. The topological polar surface area (TPSA) is 17.1 Å². The molecule has 1 nitrogen and oxygen atoms in total. The first-order chi connectivity index (χ1) is 5.34. The zero-order chi connectivity index (χ0) is 9.78. The van der Waals surface area contributed by atoms with Crippen molar-refractivity contribution >= 4 is 5.78 Å². The zero-order valence-corrected chi connectivity index (χ0v) is 8.85. The monoisotopic (exact) mass is 168 g/mol. The largest absolute Gasteiger partial charge is 0.295 e. The second-order valence-corrected chi connectivity index (χ2v) is 4.52. The first kappa shape index (κ1) is 11.4. The quantitative estimate of drug-likeness (QED) is 0.591. The Bertz CT molecular complexity index is 172. The summed E-state index contributed by atoms with van der Waals surface area (Å²) in [5.74, 6) is 0.754. The van der Waals surface area contributed by atoms with Crippen molar-refractivity contribution in [2.24, 2.45) is 11.3 Å². The summed E-state index contributed by atoms with van der Waals surface area (Å²) in [6.07, 6.45) is 4.61. The van der Waals surface area contributed by atoms with Crippen LogP contribution in [0.2, 0.25) is 0 Å². The lowest BCUT2D eigenvalue weighted by atomic mass is 9.80.